The molecule has 0 saturated carbocycles. The minimum Gasteiger partial charge on any atom is -0.172 e. The highest BCUT2D eigenvalue weighted by atomic mass is 15.9. The molecule has 0 radical (unpaired) electrons. The predicted molar refractivity (Wildman–Crippen MR) is 97.5 cm³/mol. The van der Waals surface area contributed by atoms with Gasteiger partial charge < -0.3 is 0 Å². The number of aryl methyl sites for hydroxylation is 1. The van der Waals surface area contributed by atoms with Gasteiger partial charge in [0.2, 0.25) is 0 Å². The van der Waals surface area contributed by atoms with Crippen LogP contribution in [-0.2, 0) is 0 Å². The van der Waals surface area contributed by atoms with E-state index in [1.807, 2.05) is 41.5 Å². The van der Waals surface area contributed by atoms with Crippen LogP contribution in [0.15, 0.2) is 90.0 Å². The molecule has 1 aliphatic heterocycles. The summed E-state index contributed by atoms with van der Waals surface area (Å²) in [4.78, 5) is 0. The van der Waals surface area contributed by atoms with E-state index in [1.54, 1.807) is 0 Å². The summed E-state index contributed by atoms with van der Waals surface area (Å²) in [5.41, 5.74) is 6.53. The average Bonchev–Trinajstić information content (AvgIpc) is 3.09. The zero-order chi connectivity index (χ0) is 16.4. The molecule has 0 atom stereocenters. The molecule has 3 aromatic rings. The highest BCUT2D eigenvalue weighted by molar-refractivity contribution is 5.93. The topological polar surface area (TPSA) is 35.5 Å². The lowest BCUT2D eigenvalue weighted by Gasteiger charge is -2.23. The van der Waals surface area contributed by atoms with Crippen LogP contribution >= 0.6 is 0 Å². The Morgan fingerprint density at radius 2 is 1.33 bits per heavy atom. The van der Waals surface area contributed by atoms with Gasteiger partial charge in [-0.25, -0.2) is 0 Å². The van der Waals surface area contributed by atoms with Crippen LogP contribution in [0.25, 0.3) is 0 Å². The maximum atomic E-state index is 4.84. The van der Waals surface area contributed by atoms with Gasteiger partial charge in [0.1, 0.15) is 5.69 Å². The van der Waals surface area contributed by atoms with Gasteiger partial charge in [-0.15, -0.1) is 10.2 Å². The van der Waals surface area contributed by atoms with Gasteiger partial charge in [0.25, 0.3) is 5.84 Å². The first-order valence-electron chi connectivity index (χ1n) is 8.01. The Morgan fingerprint density at radius 3 is 2.00 bits per heavy atom. The van der Waals surface area contributed by atoms with Crippen LogP contribution in [0.1, 0.15) is 11.1 Å². The van der Waals surface area contributed by atoms with Gasteiger partial charge in [0.05, 0.1) is 11.3 Å². The van der Waals surface area contributed by atoms with E-state index >= 15 is 0 Å². The van der Waals surface area contributed by atoms with Crippen LogP contribution in [0.3, 0.4) is 0 Å². The highest BCUT2D eigenvalue weighted by Crippen LogP contribution is 2.23. The van der Waals surface area contributed by atoms with Crippen LogP contribution in [0.2, 0.25) is 0 Å². The number of hydrogen-bond acceptors (Lipinski definition) is 3. The fraction of sp³-hybridized carbons (Fsp3) is 0.0500. The first kappa shape index (κ1) is 14.5. The van der Waals surface area contributed by atoms with Gasteiger partial charge in [-0.2, -0.15) is 5.43 Å². The minimum absolute atomic E-state index is 0.944. The smallest absolute Gasteiger partial charge is 0.172 e. The van der Waals surface area contributed by atoms with Crippen LogP contribution in [0, 0.1) is 6.92 Å². The van der Waals surface area contributed by atoms with E-state index in [0.29, 0.717) is 0 Å². The quantitative estimate of drug-likeness (QED) is 0.754. The molecule has 24 heavy (non-hydrogen) atoms. The van der Waals surface area contributed by atoms with Crippen molar-refractivity contribution in [1.29, 1.82) is 0 Å². The van der Waals surface area contributed by atoms with Crippen LogP contribution in [0.4, 0.5) is 11.4 Å². The average molecular weight is 315 g/mol. The molecule has 0 amide bonds. The van der Waals surface area contributed by atoms with Crippen LogP contribution < -0.4 is 15.7 Å². The van der Waals surface area contributed by atoms with Crippen molar-refractivity contribution in [3.63, 3.8) is 0 Å². The molecule has 118 valence electrons. The van der Waals surface area contributed by atoms with Crippen molar-refractivity contribution in [2.24, 2.45) is 5.10 Å². The van der Waals surface area contributed by atoms with Gasteiger partial charge in [-0.3, -0.25) is 0 Å². The Bertz CT molecular complexity index is 842. The number of para-hydroxylation sites is 1. The Morgan fingerprint density at radius 1 is 0.708 bits per heavy atom. The molecule has 4 rings (SSSR count). The molecular weight excluding hydrogens is 296 g/mol. The third-order valence-electron chi connectivity index (χ3n) is 4.01. The van der Waals surface area contributed by atoms with E-state index in [-0.39, 0.29) is 0 Å². The summed E-state index contributed by atoms with van der Waals surface area (Å²) in [6, 6.07) is 28.9. The van der Waals surface area contributed by atoms with Crippen LogP contribution in [0.5, 0.6) is 0 Å². The maximum absolute atomic E-state index is 4.84. The fourth-order valence-electron chi connectivity index (χ4n) is 2.71. The summed E-state index contributed by atoms with van der Waals surface area (Å²) < 4.78 is 0. The Hall–Kier alpha value is -3.11. The normalized spacial score (nSPS) is 14.0. The van der Waals surface area contributed by atoms with Crippen LogP contribution in [-0.4, -0.2) is 5.84 Å². The number of hydrazone groups is 1. The molecule has 2 N–H and O–H groups in total. The molecule has 0 fully saturated rings. The molecule has 0 aliphatic carbocycles. The lowest BCUT2D eigenvalue weighted by Crippen LogP contribution is -2.96. The molecule has 0 aromatic heterocycles. The Kier molecular flexibility index (Phi) is 3.73. The summed E-state index contributed by atoms with van der Waals surface area (Å²) in [6.07, 6.45) is 0. The third-order valence-corrected chi connectivity index (χ3v) is 4.01. The summed E-state index contributed by atoms with van der Waals surface area (Å²) in [5, 5.41) is 8.85. The second-order valence-electron chi connectivity index (χ2n) is 5.79. The molecule has 4 nitrogen and oxygen atoms in total. The molecule has 0 unspecified atom stereocenters. The van der Waals surface area contributed by atoms with Crippen molar-refractivity contribution in [2.45, 2.75) is 6.92 Å². The second kappa shape index (κ2) is 6.18. The van der Waals surface area contributed by atoms with Gasteiger partial charge in [0, 0.05) is 0 Å². The fourth-order valence-corrected chi connectivity index (χ4v) is 2.71. The minimum atomic E-state index is 0.944. The molecule has 3 aromatic carbocycles. The zero-order valence-electron chi connectivity index (χ0n) is 13.5. The number of rotatable bonds is 3. The lowest BCUT2D eigenvalue weighted by molar-refractivity contribution is -0.545. The second-order valence-corrected chi connectivity index (χ2v) is 5.79. The largest absolute Gasteiger partial charge is 0.277 e. The highest BCUT2D eigenvalue weighted by Gasteiger charge is 2.30. The predicted octanol–water partition coefficient (Wildman–Crippen LogP) is 3.08. The SMILES string of the molecule is Cc1ccc(N2N=C(c3ccccc3)[NH2+]N2c2ccccc2)cc1. The number of hydrazine groups is 1. The molecule has 0 bridgehead atoms. The van der Waals surface area contributed by atoms with Crippen molar-refractivity contribution < 1.29 is 5.43 Å². The summed E-state index contributed by atoms with van der Waals surface area (Å²) in [5.74, 6) is 0.944. The van der Waals surface area contributed by atoms with Crippen molar-refractivity contribution in [1.82, 2.24) is 0 Å². The molecule has 1 heterocycles. The number of nitrogens with two attached hydrogens (primary N) is 1. The number of quaternary nitrogens is 1. The van der Waals surface area contributed by atoms with E-state index in [0.717, 1.165) is 22.8 Å². The Balaban J connectivity index is 1.75. The summed E-state index contributed by atoms with van der Waals surface area (Å²) in [6.45, 7) is 2.09. The first-order valence-corrected chi connectivity index (χ1v) is 8.01. The standard InChI is InChI=1S/C20H18N4/c1-16-12-14-19(15-13-16)24-22-20(17-8-4-2-5-9-17)21-23(24)18-10-6-3-7-11-18/h2-15H,1H3,(H,21,22)/p+1. The van der Waals surface area contributed by atoms with E-state index < -0.39 is 0 Å². The van der Waals surface area contributed by atoms with E-state index in [9.17, 15) is 0 Å². The number of anilines is 2. The van der Waals surface area contributed by atoms with Gasteiger partial charge in [-0.05, 0) is 43.3 Å². The van der Waals surface area contributed by atoms with E-state index in [1.165, 1.54) is 5.56 Å². The van der Waals surface area contributed by atoms with E-state index in [4.69, 9.17) is 5.10 Å². The zero-order valence-corrected chi connectivity index (χ0v) is 13.5. The van der Waals surface area contributed by atoms with Crippen molar-refractivity contribution in [2.75, 3.05) is 10.2 Å². The van der Waals surface area contributed by atoms with Gasteiger partial charge in [0.15, 0.2) is 0 Å². The molecule has 4 heteroatoms. The van der Waals surface area contributed by atoms with Crippen molar-refractivity contribution >= 4 is 17.2 Å². The molecular formula is C20H19N4+. The maximum Gasteiger partial charge on any atom is 0.277 e. The van der Waals surface area contributed by atoms with Crippen molar-refractivity contribution in [3.05, 3.63) is 96.1 Å². The summed E-state index contributed by atoms with van der Waals surface area (Å²) in [7, 11) is 0. The number of benzene rings is 3. The lowest BCUT2D eigenvalue weighted by atomic mass is 10.2. The number of amidine groups is 1. The number of nitrogens with zero attached hydrogens (tertiary/aromatic N) is 3. The van der Waals surface area contributed by atoms with Gasteiger partial charge in [-0.1, -0.05) is 59.2 Å². The summed E-state index contributed by atoms with van der Waals surface area (Å²) >= 11 is 0. The Labute approximate surface area is 141 Å². The molecule has 0 saturated heterocycles. The first-order chi connectivity index (χ1) is 11.8. The number of hydrogen-bond donors (Lipinski definition) is 1. The molecule has 0 spiro atoms. The van der Waals surface area contributed by atoms with Gasteiger partial charge >= 0.3 is 0 Å². The monoisotopic (exact) mass is 315 g/mol. The molecule has 1 aliphatic rings. The van der Waals surface area contributed by atoms with Crippen molar-refractivity contribution in [3.8, 4) is 0 Å². The third kappa shape index (κ3) is 2.75. The van der Waals surface area contributed by atoms with E-state index in [2.05, 4.69) is 66.0 Å².